The Bertz CT molecular complexity index is 426. The first-order valence-corrected chi connectivity index (χ1v) is 8.13. The number of likely N-dealkylation sites (N-methyl/N-ethyl adjacent to an activating group) is 2. The van der Waals surface area contributed by atoms with Crippen molar-refractivity contribution in [1.82, 2.24) is 13.5 Å². The molecule has 0 bridgehead atoms. The lowest BCUT2D eigenvalue weighted by molar-refractivity contribution is -0.140. The van der Waals surface area contributed by atoms with Crippen LogP contribution in [0.2, 0.25) is 0 Å². The Balaban J connectivity index is 2.63. The molecule has 7 nitrogen and oxygen atoms in total. The molecule has 1 unspecified atom stereocenters. The lowest BCUT2D eigenvalue weighted by Gasteiger charge is -2.36. The molecule has 1 rings (SSSR count). The van der Waals surface area contributed by atoms with Crippen molar-refractivity contribution >= 4 is 16.2 Å². The van der Waals surface area contributed by atoms with Gasteiger partial charge in [-0.3, -0.25) is 4.79 Å². The highest BCUT2D eigenvalue weighted by atomic mass is 32.2. The third-order valence-corrected chi connectivity index (χ3v) is 5.73. The molecule has 1 fully saturated rings. The zero-order valence-electron chi connectivity index (χ0n) is 12.7. The Labute approximate surface area is 121 Å². The molecule has 1 heterocycles. The van der Waals surface area contributed by atoms with E-state index < -0.39 is 16.2 Å². The van der Waals surface area contributed by atoms with Crippen molar-refractivity contribution in [2.75, 3.05) is 47.9 Å². The highest BCUT2D eigenvalue weighted by molar-refractivity contribution is 7.86. The number of hydrogen-bond acceptors (Lipinski definition) is 5. The van der Waals surface area contributed by atoms with Crippen molar-refractivity contribution in [3.63, 3.8) is 0 Å². The summed E-state index contributed by atoms with van der Waals surface area (Å²) >= 11 is 0. The first-order valence-electron chi connectivity index (χ1n) is 6.73. The number of rotatable bonds is 6. The van der Waals surface area contributed by atoms with Crippen LogP contribution in [-0.2, 0) is 19.7 Å². The second-order valence-electron chi connectivity index (χ2n) is 5.23. The molecule has 20 heavy (non-hydrogen) atoms. The highest BCUT2D eigenvalue weighted by Gasteiger charge is 2.32. The maximum absolute atomic E-state index is 12.4. The number of carbonyl (C=O) groups is 1. The van der Waals surface area contributed by atoms with Gasteiger partial charge in [0.1, 0.15) is 0 Å². The van der Waals surface area contributed by atoms with Crippen molar-refractivity contribution in [3.05, 3.63) is 0 Å². The average molecular weight is 307 g/mol. The van der Waals surface area contributed by atoms with Crippen LogP contribution < -0.4 is 0 Å². The molecule has 1 saturated heterocycles. The fourth-order valence-corrected chi connectivity index (χ4v) is 3.62. The summed E-state index contributed by atoms with van der Waals surface area (Å²) in [6.45, 7) is 1.87. The molecular formula is C12H25N3O4S. The Kier molecular flexibility index (Phi) is 6.38. The molecule has 0 aromatic heterocycles. The number of carbonyl (C=O) groups excluding carboxylic acids is 1. The van der Waals surface area contributed by atoms with Crippen LogP contribution in [-0.4, -0.2) is 81.8 Å². The van der Waals surface area contributed by atoms with Gasteiger partial charge in [0.05, 0.1) is 13.5 Å². The predicted molar refractivity (Wildman–Crippen MR) is 76.5 cm³/mol. The normalized spacial score (nSPS) is 21.4. The molecule has 0 aliphatic carbocycles. The summed E-state index contributed by atoms with van der Waals surface area (Å²) in [6.07, 6.45) is 1.92. The van der Waals surface area contributed by atoms with Gasteiger partial charge in [0, 0.05) is 33.2 Å². The number of hydrogen-bond donors (Lipinski definition) is 0. The van der Waals surface area contributed by atoms with Crippen LogP contribution in [0.1, 0.15) is 19.3 Å². The largest absolute Gasteiger partial charge is 0.469 e. The molecule has 0 aromatic carbocycles. The third kappa shape index (κ3) is 4.41. The maximum Gasteiger partial charge on any atom is 0.306 e. The van der Waals surface area contributed by atoms with Crippen molar-refractivity contribution in [2.24, 2.45) is 0 Å². The van der Waals surface area contributed by atoms with Crippen LogP contribution in [0.15, 0.2) is 0 Å². The number of likely N-dealkylation sites (tertiary alicyclic amines) is 1. The number of piperidine rings is 1. The molecule has 1 aliphatic heterocycles. The first-order chi connectivity index (χ1) is 9.28. The first kappa shape index (κ1) is 17.4. The Morgan fingerprint density at radius 1 is 1.40 bits per heavy atom. The molecule has 118 valence electrons. The number of methoxy groups -OCH3 is 1. The quantitative estimate of drug-likeness (QED) is 0.633. The van der Waals surface area contributed by atoms with E-state index in [9.17, 15) is 13.2 Å². The second-order valence-corrected chi connectivity index (χ2v) is 7.32. The standard InChI is InChI=1S/C12H25N3O4S/c1-13-8-5-6-11(10-13)15(3)20(17,18)14(2)9-7-12(16)19-4/h11H,5-10H2,1-4H3. The highest BCUT2D eigenvalue weighted by Crippen LogP contribution is 2.18. The fourth-order valence-electron chi connectivity index (χ4n) is 2.31. The zero-order valence-corrected chi connectivity index (χ0v) is 13.5. The molecule has 0 spiro atoms. The lowest BCUT2D eigenvalue weighted by Crippen LogP contribution is -2.51. The zero-order chi connectivity index (χ0) is 15.3. The predicted octanol–water partition coefficient (Wildman–Crippen LogP) is -0.248. The van der Waals surface area contributed by atoms with E-state index in [1.54, 1.807) is 7.05 Å². The molecule has 8 heteroatoms. The fraction of sp³-hybridized carbons (Fsp3) is 0.917. The van der Waals surface area contributed by atoms with Crippen molar-refractivity contribution in [2.45, 2.75) is 25.3 Å². The van der Waals surface area contributed by atoms with Gasteiger partial charge in [0.2, 0.25) is 0 Å². The van der Waals surface area contributed by atoms with Crippen molar-refractivity contribution in [3.8, 4) is 0 Å². The molecule has 0 saturated carbocycles. The van der Waals surface area contributed by atoms with Gasteiger partial charge in [-0.05, 0) is 26.4 Å². The van der Waals surface area contributed by atoms with Crippen molar-refractivity contribution in [1.29, 1.82) is 0 Å². The lowest BCUT2D eigenvalue weighted by atomic mass is 10.1. The smallest absolute Gasteiger partial charge is 0.306 e. The summed E-state index contributed by atoms with van der Waals surface area (Å²) in [4.78, 5) is 13.2. The van der Waals surface area contributed by atoms with E-state index in [0.29, 0.717) is 0 Å². The van der Waals surface area contributed by atoms with Crippen molar-refractivity contribution < 1.29 is 17.9 Å². The summed E-state index contributed by atoms with van der Waals surface area (Å²) in [5, 5.41) is 0. The molecule has 0 radical (unpaired) electrons. The third-order valence-electron chi connectivity index (χ3n) is 3.73. The van der Waals surface area contributed by atoms with Gasteiger partial charge in [0.15, 0.2) is 0 Å². The molecule has 0 amide bonds. The minimum atomic E-state index is -3.53. The van der Waals surface area contributed by atoms with Gasteiger partial charge in [-0.1, -0.05) is 0 Å². The number of ether oxygens (including phenoxy) is 1. The van der Waals surface area contributed by atoms with E-state index in [2.05, 4.69) is 9.64 Å². The monoisotopic (exact) mass is 307 g/mol. The molecule has 0 aromatic rings. The minimum absolute atomic E-state index is 0.0145. The Hall–Kier alpha value is -0.700. The SMILES string of the molecule is COC(=O)CCN(C)S(=O)(=O)N(C)C1CCCN(C)C1. The van der Waals surface area contributed by atoms with Gasteiger partial charge in [-0.2, -0.15) is 17.0 Å². The van der Waals surface area contributed by atoms with E-state index >= 15 is 0 Å². The van der Waals surface area contributed by atoms with Crippen LogP contribution in [0.3, 0.4) is 0 Å². The topological polar surface area (TPSA) is 70.2 Å². The van der Waals surface area contributed by atoms with Gasteiger partial charge < -0.3 is 9.64 Å². The second kappa shape index (κ2) is 7.35. The summed E-state index contributed by atoms with van der Waals surface area (Å²) in [6, 6.07) is -0.0145. The van der Waals surface area contributed by atoms with Crippen LogP contribution in [0.4, 0.5) is 0 Å². The molecule has 0 N–H and O–H groups in total. The number of nitrogens with zero attached hydrogens (tertiary/aromatic N) is 3. The summed E-state index contributed by atoms with van der Waals surface area (Å²) in [5.74, 6) is -0.410. The minimum Gasteiger partial charge on any atom is -0.469 e. The molecule has 1 atom stereocenters. The van der Waals surface area contributed by atoms with E-state index in [-0.39, 0.29) is 19.0 Å². The summed E-state index contributed by atoms with van der Waals surface area (Å²) < 4.78 is 32.0. The molecular weight excluding hydrogens is 282 g/mol. The Morgan fingerprint density at radius 3 is 2.60 bits per heavy atom. The average Bonchev–Trinajstić information content (AvgIpc) is 2.43. The Morgan fingerprint density at radius 2 is 2.05 bits per heavy atom. The van der Waals surface area contributed by atoms with Crippen LogP contribution in [0.5, 0.6) is 0 Å². The van der Waals surface area contributed by atoms with E-state index in [4.69, 9.17) is 0 Å². The summed E-state index contributed by atoms with van der Waals surface area (Å²) in [7, 11) is 2.84. The van der Waals surface area contributed by atoms with E-state index in [1.807, 2.05) is 7.05 Å². The van der Waals surface area contributed by atoms with E-state index in [1.165, 1.54) is 22.8 Å². The van der Waals surface area contributed by atoms with Gasteiger partial charge in [-0.15, -0.1) is 0 Å². The summed E-state index contributed by atoms with van der Waals surface area (Å²) in [5.41, 5.74) is 0. The maximum atomic E-state index is 12.4. The van der Waals surface area contributed by atoms with Gasteiger partial charge in [-0.25, -0.2) is 0 Å². The van der Waals surface area contributed by atoms with Gasteiger partial charge in [0.25, 0.3) is 10.2 Å². The van der Waals surface area contributed by atoms with Crippen LogP contribution in [0.25, 0.3) is 0 Å². The van der Waals surface area contributed by atoms with Crippen LogP contribution >= 0.6 is 0 Å². The number of esters is 1. The molecule has 1 aliphatic rings. The van der Waals surface area contributed by atoms with Crippen LogP contribution in [0, 0.1) is 0 Å². The van der Waals surface area contributed by atoms with Gasteiger partial charge >= 0.3 is 5.97 Å². The van der Waals surface area contributed by atoms with E-state index in [0.717, 1.165) is 25.9 Å².